The number of nitrogens with zero attached hydrogens (tertiary/aromatic N) is 1. The highest BCUT2D eigenvalue weighted by Gasteiger charge is 2.27. The fraction of sp³-hybridized carbons (Fsp3) is 0.321. The fourth-order valence-electron chi connectivity index (χ4n) is 5.06. The first-order valence-electron chi connectivity index (χ1n) is 11.3. The highest BCUT2D eigenvalue weighted by atomic mass is 16.5. The lowest BCUT2D eigenvalue weighted by Crippen LogP contribution is -2.08. The molecular formula is C28H31NO2. The number of hydrogen-bond acceptors (Lipinski definition) is 2. The second-order valence-corrected chi connectivity index (χ2v) is 8.34. The van der Waals surface area contributed by atoms with Gasteiger partial charge in [-0.25, -0.2) is 4.79 Å². The maximum atomic E-state index is 12.3. The summed E-state index contributed by atoms with van der Waals surface area (Å²) in [6.07, 6.45) is 11.0. The number of hydrogen-bond donors (Lipinski definition) is 0. The lowest BCUT2D eigenvalue weighted by atomic mass is 9.81. The van der Waals surface area contributed by atoms with Gasteiger partial charge >= 0.3 is 5.97 Å². The molecule has 160 valence electrons. The zero-order chi connectivity index (χ0) is 21.8. The molecule has 2 aromatic carbocycles. The third-order valence-corrected chi connectivity index (χ3v) is 6.53. The number of ether oxygens (including phenoxy) is 1. The molecule has 0 spiro atoms. The van der Waals surface area contributed by atoms with Crippen LogP contribution in [-0.2, 0) is 11.3 Å². The van der Waals surface area contributed by atoms with Crippen molar-refractivity contribution in [1.82, 2.24) is 4.57 Å². The minimum Gasteiger partial charge on any atom is -0.465 e. The lowest BCUT2D eigenvalue weighted by molar-refractivity contribution is 0.0601. The number of allylic oxidation sites excluding steroid dienone is 1. The summed E-state index contributed by atoms with van der Waals surface area (Å²) in [5.74, 6) is 0.226. The predicted molar refractivity (Wildman–Crippen MR) is 129 cm³/mol. The number of rotatable bonds is 7. The Kier molecular flexibility index (Phi) is 6.41. The average molecular weight is 414 g/mol. The summed E-state index contributed by atoms with van der Waals surface area (Å²) in [5, 5.41) is 1.25. The zero-order valence-electron chi connectivity index (χ0n) is 18.4. The number of fused-ring (bicyclic) bond motifs is 1. The van der Waals surface area contributed by atoms with E-state index in [1.54, 1.807) is 0 Å². The average Bonchev–Trinajstić information content (AvgIpc) is 3.15. The third-order valence-electron chi connectivity index (χ3n) is 6.53. The second kappa shape index (κ2) is 9.38. The molecular weight excluding hydrogens is 382 g/mol. The first kappa shape index (κ1) is 21.2. The Hall–Kier alpha value is -3.07. The molecule has 1 heterocycles. The predicted octanol–water partition coefficient (Wildman–Crippen LogP) is 7.36. The Morgan fingerprint density at radius 3 is 2.61 bits per heavy atom. The molecule has 1 aliphatic rings. The van der Waals surface area contributed by atoms with Crippen LogP contribution in [0.25, 0.3) is 28.2 Å². The molecule has 3 heteroatoms. The van der Waals surface area contributed by atoms with Crippen LogP contribution in [0.4, 0.5) is 0 Å². The van der Waals surface area contributed by atoms with Crippen LogP contribution in [0.15, 0.2) is 61.7 Å². The minimum absolute atomic E-state index is 0.300. The van der Waals surface area contributed by atoms with E-state index < -0.39 is 0 Å². The summed E-state index contributed by atoms with van der Waals surface area (Å²) in [5.41, 5.74) is 6.71. The quantitative estimate of drug-likeness (QED) is 0.299. The van der Waals surface area contributed by atoms with Crippen molar-refractivity contribution in [3.63, 3.8) is 0 Å². The van der Waals surface area contributed by atoms with Gasteiger partial charge in [0.2, 0.25) is 0 Å². The summed E-state index contributed by atoms with van der Waals surface area (Å²) in [4.78, 5) is 12.3. The van der Waals surface area contributed by atoms with Gasteiger partial charge in [0.15, 0.2) is 0 Å². The van der Waals surface area contributed by atoms with Crippen LogP contribution in [-0.4, -0.2) is 17.6 Å². The lowest BCUT2D eigenvalue weighted by Gasteiger charge is -2.24. The normalized spacial score (nSPS) is 14.5. The van der Waals surface area contributed by atoms with E-state index in [0.29, 0.717) is 11.5 Å². The molecule has 0 unspecified atom stereocenters. The molecule has 0 radical (unpaired) electrons. The minimum atomic E-state index is -0.300. The van der Waals surface area contributed by atoms with E-state index in [1.165, 1.54) is 61.4 Å². The molecule has 4 rings (SSSR count). The maximum absolute atomic E-state index is 12.3. The Bertz CT molecular complexity index is 1120. The van der Waals surface area contributed by atoms with Gasteiger partial charge in [-0.15, -0.1) is 6.58 Å². The summed E-state index contributed by atoms with van der Waals surface area (Å²) < 4.78 is 7.39. The summed E-state index contributed by atoms with van der Waals surface area (Å²) in [6, 6.07) is 14.5. The van der Waals surface area contributed by atoms with Gasteiger partial charge in [-0.2, -0.15) is 0 Å². The molecule has 0 saturated heterocycles. The van der Waals surface area contributed by atoms with Crippen LogP contribution in [0.2, 0.25) is 0 Å². The standard InChI is InChI=1S/C28H31NO2/c1-4-6-18-29-25-19-22(28(30)31-3)16-17-24(25)26(21-13-8-7-9-14-21)27(29)23-15-11-10-12-20(23)5-2/h4-5,10-12,15-17,19,21H,1-2,6-9,13-14,18H2,3H3. The van der Waals surface area contributed by atoms with E-state index in [2.05, 4.69) is 48.1 Å². The van der Waals surface area contributed by atoms with Crippen molar-refractivity contribution in [3.05, 3.63) is 78.4 Å². The first-order chi connectivity index (χ1) is 15.2. The van der Waals surface area contributed by atoms with Crippen molar-refractivity contribution in [3.8, 4) is 11.3 Å². The monoisotopic (exact) mass is 413 g/mol. The van der Waals surface area contributed by atoms with Gasteiger partial charge in [0.25, 0.3) is 0 Å². The number of esters is 1. The van der Waals surface area contributed by atoms with Crippen LogP contribution in [0, 0.1) is 0 Å². The van der Waals surface area contributed by atoms with E-state index in [0.717, 1.165) is 24.0 Å². The van der Waals surface area contributed by atoms with Crippen molar-refractivity contribution in [2.24, 2.45) is 0 Å². The van der Waals surface area contributed by atoms with Crippen LogP contribution < -0.4 is 0 Å². The third kappa shape index (κ3) is 3.97. The van der Waals surface area contributed by atoms with Gasteiger partial charge in [0, 0.05) is 23.0 Å². The highest BCUT2D eigenvalue weighted by molar-refractivity contribution is 5.99. The van der Waals surface area contributed by atoms with Gasteiger partial charge in [-0.3, -0.25) is 0 Å². The number of carbonyl (C=O) groups excluding carboxylic acids is 1. The summed E-state index contributed by atoms with van der Waals surface area (Å²) in [7, 11) is 1.43. The number of carbonyl (C=O) groups is 1. The molecule has 1 aliphatic carbocycles. The Morgan fingerprint density at radius 1 is 1.13 bits per heavy atom. The van der Waals surface area contributed by atoms with E-state index >= 15 is 0 Å². The molecule has 31 heavy (non-hydrogen) atoms. The molecule has 1 saturated carbocycles. The van der Waals surface area contributed by atoms with E-state index in [1.807, 2.05) is 24.3 Å². The highest BCUT2D eigenvalue weighted by Crippen LogP contribution is 2.45. The largest absolute Gasteiger partial charge is 0.465 e. The van der Waals surface area contributed by atoms with Gasteiger partial charge in [-0.05, 0) is 48.4 Å². The molecule has 0 aliphatic heterocycles. The maximum Gasteiger partial charge on any atom is 0.337 e. The van der Waals surface area contributed by atoms with Gasteiger partial charge in [0.1, 0.15) is 0 Å². The van der Waals surface area contributed by atoms with Crippen LogP contribution in [0.1, 0.15) is 65.9 Å². The fourth-order valence-corrected chi connectivity index (χ4v) is 5.06. The molecule has 1 fully saturated rings. The Morgan fingerprint density at radius 2 is 1.90 bits per heavy atom. The van der Waals surface area contributed by atoms with E-state index in [9.17, 15) is 4.79 Å². The molecule has 0 amide bonds. The Labute approximate surface area is 185 Å². The van der Waals surface area contributed by atoms with Crippen molar-refractivity contribution >= 4 is 22.9 Å². The van der Waals surface area contributed by atoms with Crippen molar-refractivity contribution < 1.29 is 9.53 Å². The van der Waals surface area contributed by atoms with Gasteiger partial charge in [-0.1, -0.05) is 68.3 Å². The second-order valence-electron chi connectivity index (χ2n) is 8.34. The summed E-state index contributed by atoms with van der Waals surface area (Å²) >= 11 is 0. The number of aromatic nitrogens is 1. The molecule has 3 nitrogen and oxygen atoms in total. The Balaban J connectivity index is 2.06. The van der Waals surface area contributed by atoms with Crippen molar-refractivity contribution in [2.45, 2.75) is 51.0 Å². The number of benzene rings is 2. The van der Waals surface area contributed by atoms with E-state index in [4.69, 9.17) is 4.74 Å². The van der Waals surface area contributed by atoms with Crippen LogP contribution in [0.5, 0.6) is 0 Å². The SMILES string of the molecule is C=CCCn1c(-c2ccccc2C=C)c(C2CCCCC2)c2ccc(C(=O)OC)cc21. The van der Waals surface area contributed by atoms with Crippen molar-refractivity contribution in [1.29, 1.82) is 0 Å². The molecule has 0 bridgehead atoms. The first-order valence-corrected chi connectivity index (χ1v) is 11.3. The molecule has 0 atom stereocenters. The molecule has 3 aromatic rings. The van der Waals surface area contributed by atoms with Crippen LogP contribution >= 0.6 is 0 Å². The van der Waals surface area contributed by atoms with Gasteiger partial charge < -0.3 is 9.30 Å². The number of methoxy groups -OCH3 is 1. The summed E-state index contributed by atoms with van der Waals surface area (Å²) in [6.45, 7) is 8.83. The van der Waals surface area contributed by atoms with Crippen molar-refractivity contribution in [2.75, 3.05) is 7.11 Å². The zero-order valence-corrected chi connectivity index (χ0v) is 18.4. The molecule has 0 N–H and O–H groups in total. The smallest absolute Gasteiger partial charge is 0.337 e. The molecule has 1 aromatic heterocycles. The van der Waals surface area contributed by atoms with Gasteiger partial charge in [0.05, 0.1) is 18.4 Å². The van der Waals surface area contributed by atoms with Crippen LogP contribution in [0.3, 0.4) is 0 Å². The van der Waals surface area contributed by atoms with E-state index in [-0.39, 0.29) is 5.97 Å². The number of aryl methyl sites for hydroxylation is 1. The topological polar surface area (TPSA) is 31.2 Å².